The highest BCUT2D eigenvalue weighted by molar-refractivity contribution is 6.31. The molecule has 1 aliphatic heterocycles. The number of carbonyl (C=O) groups is 4. The van der Waals surface area contributed by atoms with Crippen LogP contribution in [-0.2, 0) is 61.5 Å². The zero-order chi connectivity index (χ0) is 29.6. The minimum atomic E-state index is -2.43. The first kappa shape index (κ1) is 31.1. The summed E-state index contributed by atoms with van der Waals surface area (Å²) in [6.45, 7) is 6.08. The lowest BCUT2D eigenvalue weighted by Gasteiger charge is -2.48. The Morgan fingerprint density at radius 2 is 1.43 bits per heavy atom. The van der Waals surface area contributed by atoms with Gasteiger partial charge in [0, 0.05) is 38.3 Å². The maximum absolute atomic E-state index is 12.2. The molecule has 0 saturated carbocycles. The first-order chi connectivity index (χ1) is 18.8. The van der Waals surface area contributed by atoms with Gasteiger partial charge in [-0.2, -0.15) is 0 Å². The number of benzene rings is 2. The van der Waals surface area contributed by atoms with Gasteiger partial charge in [-0.25, -0.2) is 0 Å². The number of aliphatic hydroxyl groups is 1. The quantitative estimate of drug-likeness (QED) is 0.349. The number of aryl methyl sites for hydroxylation is 1. The van der Waals surface area contributed by atoms with Crippen molar-refractivity contribution in [2.24, 2.45) is 0 Å². The van der Waals surface area contributed by atoms with E-state index in [1.54, 1.807) is 12.1 Å². The minimum absolute atomic E-state index is 0.120. The summed E-state index contributed by atoms with van der Waals surface area (Å²) in [4.78, 5) is 47.9. The molecule has 10 nitrogen and oxygen atoms in total. The van der Waals surface area contributed by atoms with Crippen molar-refractivity contribution in [3.05, 3.63) is 69.7 Å². The molecule has 0 amide bonds. The van der Waals surface area contributed by atoms with E-state index in [0.29, 0.717) is 17.0 Å². The third-order valence-electron chi connectivity index (χ3n) is 6.34. The van der Waals surface area contributed by atoms with Gasteiger partial charge >= 0.3 is 23.9 Å². The third kappa shape index (κ3) is 7.59. The molecule has 11 heteroatoms. The fraction of sp³-hybridized carbons (Fsp3) is 0.448. The summed E-state index contributed by atoms with van der Waals surface area (Å²) in [6, 6.07) is 12.6. The molecule has 1 saturated heterocycles. The van der Waals surface area contributed by atoms with Crippen molar-refractivity contribution in [3.63, 3.8) is 0 Å². The van der Waals surface area contributed by atoms with Gasteiger partial charge in [-0.1, -0.05) is 48.9 Å². The molecule has 40 heavy (non-hydrogen) atoms. The smallest absolute Gasteiger partial charge is 0.303 e. The van der Waals surface area contributed by atoms with E-state index < -0.39 is 60.7 Å². The zero-order valence-electron chi connectivity index (χ0n) is 23.0. The van der Waals surface area contributed by atoms with Crippen molar-refractivity contribution in [2.75, 3.05) is 6.61 Å². The van der Waals surface area contributed by atoms with Gasteiger partial charge in [-0.15, -0.1) is 0 Å². The Morgan fingerprint density at radius 1 is 0.850 bits per heavy atom. The molecule has 1 heterocycles. The summed E-state index contributed by atoms with van der Waals surface area (Å²) in [5, 5.41) is 12.5. The van der Waals surface area contributed by atoms with E-state index in [9.17, 15) is 24.3 Å². The van der Waals surface area contributed by atoms with Crippen molar-refractivity contribution >= 4 is 35.5 Å². The monoisotopic (exact) mass is 576 g/mol. The zero-order valence-corrected chi connectivity index (χ0v) is 23.7. The lowest BCUT2D eigenvalue weighted by Crippen LogP contribution is -2.66. The van der Waals surface area contributed by atoms with Crippen LogP contribution in [0.4, 0.5) is 0 Å². The first-order valence-corrected chi connectivity index (χ1v) is 13.1. The Bertz CT molecular complexity index is 1240. The van der Waals surface area contributed by atoms with Crippen LogP contribution >= 0.6 is 11.6 Å². The summed E-state index contributed by atoms with van der Waals surface area (Å²) < 4.78 is 27.4. The fourth-order valence-corrected chi connectivity index (χ4v) is 4.74. The van der Waals surface area contributed by atoms with Crippen LogP contribution in [0.2, 0.25) is 5.02 Å². The Balaban J connectivity index is 2.12. The minimum Gasteiger partial charge on any atom is -0.463 e. The second kappa shape index (κ2) is 13.3. The van der Waals surface area contributed by atoms with Crippen LogP contribution in [0.15, 0.2) is 42.5 Å². The largest absolute Gasteiger partial charge is 0.463 e. The summed E-state index contributed by atoms with van der Waals surface area (Å²) in [7, 11) is 0. The van der Waals surface area contributed by atoms with Gasteiger partial charge in [0.2, 0.25) is 11.9 Å². The topological polar surface area (TPSA) is 135 Å². The van der Waals surface area contributed by atoms with Crippen LogP contribution < -0.4 is 0 Å². The van der Waals surface area contributed by atoms with E-state index in [-0.39, 0.29) is 5.56 Å². The molecule has 0 aromatic heterocycles. The molecule has 0 aliphatic carbocycles. The molecule has 0 unspecified atom stereocenters. The van der Waals surface area contributed by atoms with E-state index in [0.717, 1.165) is 32.8 Å². The molecule has 0 radical (unpaired) electrons. The lowest BCUT2D eigenvalue weighted by atomic mass is 9.86. The molecule has 2 aromatic rings. The van der Waals surface area contributed by atoms with Crippen molar-refractivity contribution in [1.29, 1.82) is 0 Å². The van der Waals surface area contributed by atoms with E-state index in [1.807, 2.05) is 24.3 Å². The van der Waals surface area contributed by atoms with Gasteiger partial charge in [0.15, 0.2) is 12.2 Å². The molecule has 2 aromatic carbocycles. The van der Waals surface area contributed by atoms with Crippen LogP contribution in [0.5, 0.6) is 0 Å². The predicted molar refractivity (Wildman–Crippen MR) is 142 cm³/mol. The number of carbonyl (C=O) groups excluding carboxylic acids is 4. The number of rotatable bonds is 9. The molecule has 3 rings (SSSR count). The number of hydrogen-bond acceptors (Lipinski definition) is 10. The van der Waals surface area contributed by atoms with E-state index in [1.165, 1.54) is 18.6 Å². The normalized spacial score (nSPS) is 24.1. The van der Waals surface area contributed by atoms with E-state index >= 15 is 0 Å². The number of halogens is 1. The van der Waals surface area contributed by atoms with Crippen molar-refractivity contribution < 1.29 is 48.0 Å². The average molecular weight is 577 g/mol. The van der Waals surface area contributed by atoms with Gasteiger partial charge in [0.05, 0.1) is 0 Å². The van der Waals surface area contributed by atoms with Crippen LogP contribution in [0, 0.1) is 0 Å². The van der Waals surface area contributed by atoms with Gasteiger partial charge in [-0.3, -0.25) is 19.2 Å². The SMILES string of the molecule is CCc1ccc(Cc2cc([C@@]3(O)O[C@H](COC(C)=O)[C@@H](OC(C)=O)[C@H](OC(C)=O)[C@H]3OC(C)=O)ccc2Cl)cc1. The summed E-state index contributed by atoms with van der Waals surface area (Å²) in [5.74, 6) is -5.49. The highest BCUT2D eigenvalue weighted by Crippen LogP contribution is 2.42. The Kier molecular flexibility index (Phi) is 10.3. The van der Waals surface area contributed by atoms with E-state index in [4.69, 9.17) is 35.3 Å². The van der Waals surface area contributed by atoms with Gasteiger partial charge in [0.1, 0.15) is 12.7 Å². The van der Waals surface area contributed by atoms with Gasteiger partial charge in [0.25, 0.3) is 0 Å². The Labute approximate surface area is 237 Å². The van der Waals surface area contributed by atoms with Crippen molar-refractivity contribution in [1.82, 2.24) is 0 Å². The van der Waals surface area contributed by atoms with Crippen molar-refractivity contribution in [3.8, 4) is 0 Å². The van der Waals surface area contributed by atoms with Gasteiger partial charge < -0.3 is 28.8 Å². The molecule has 5 atom stereocenters. The third-order valence-corrected chi connectivity index (χ3v) is 6.71. The summed E-state index contributed by atoms with van der Waals surface area (Å²) in [6.07, 6.45) is -4.60. The summed E-state index contributed by atoms with van der Waals surface area (Å²) >= 11 is 6.51. The van der Waals surface area contributed by atoms with Crippen LogP contribution in [-0.4, -0.2) is 60.0 Å². The molecule has 1 aliphatic rings. The molecular weight excluding hydrogens is 544 g/mol. The predicted octanol–water partition coefficient (Wildman–Crippen LogP) is 3.40. The first-order valence-electron chi connectivity index (χ1n) is 12.8. The average Bonchev–Trinajstić information content (AvgIpc) is 2.87. The highest BCUT2D eigenvalue weighted by Gasteiger charge is 2.60. The summed E-state index contributed by atoms with van der Waals surface area (Å²) in [5.41, 5.74) is 2.89. The van der Waals surface area contributed by atoms with Crippen LogP contribution in [0.25, 0.3) is 0 Å². The molecule has 1 N–H and O–H groups in total. The Hall–Kier alpha value is -3.47. The lowest BCUT2D eigenvalue weighted by molar-refractivity contribution is -0.360. The molecule has 0 bridgehead atoms. The maximum Gasteiger partial charge on any atom is 0.303 e. The highest BCUT2D eigenvalue weighted by atomic mass is 35.5. The molecule has 0 spiro atoms. The van der Waals surface area contributed by atoms with Crippen LogP contribution in [0.1, 0.15) is 56.9 Å². The maximum atomic E-state index is 12.2. The molecular formula is C29H33ClO10. The standard InChI is InChI=1S/C29H33ClO10/c1-6-20-7-9-21(10-8-20)13-22-14-23(11-12-24(22)30)29(35)28(39-19(5)34)27(38-18(4)33)26(37-17(3)32)25(40-29)15-36-16(2)31/h7-12,14,25-28,35H,6,13,15H2,1-5H3/t25-,26-,27+,28-,29-/m1/s1. The number of esters is 4. The van der Waals surface area contributed by atoms with Gasteiger partial charge in [-0.05, 0) is 41.7 Å². The van der Waals surface area contributed by atoms with Crippen LogP contribution in [0.3, 0.4) is 0 Å². The number of ether oxygens (including phenoxy) is 5. The fourth-order valence-electron chi connectivity index (χ4n) is 4.56. The second-order valence-electron chi connectivity index (χ2n) is 9.49. The molecule has 216 valence electrons. The molecule has 1 fully saturated rings. The van der Waals surface area contributed by atoms with E-state index in [2.05, 4.69) is 6.92 Å². The Morgan fingerprint density at radius 3 is 1.98 bits per heavy atom. The second-order valence-corrected chi connectivity index (χ2v) is 9.89. The number of hydrogen-bond donors (Lipinski definition) is 1. The van der Waals surface area contributed by atoms with Crippen molar-refractivity contribution in [2.45, 2.75) is 77.7 Å².